The normalized spacial score (nSPS) is 14.4. The summed E-state index contributed by atoms with van der Waals surface area (Å²) in [6.45, 7) is 2.28. The number of aliphatic hydroxyl groups excluding tert-OH is 2. The molecule has 3 N–H and O–H groups in total. The van der Waals surface area contributed by atoms with Gasteiger partial charge in [-0.25, -0.2) is 4.57 Å². The van der Waals surface area contributed by atoms with Crippen LogP contribution in [-0.2, 0) is 32.7 Å². The number of hydrogen-bond donors (Lipinski definition) is 3. The number of rotatable bonds is 34. The van der Waals surface area contributed by atoms with Crippen LogP contribution in [0.5, 0.6) is 0 Å². The molecule has 3 atom stereocenters. The molecule has 0 aromatic heterocycles. The van der Waals surface area contributed by atoms with Crippen LogP contribution < -0.4 is 0 Å². The van der Waals surface area contributed by atoms with Gasteiger partial charge in [0.2, 0.25) is 0 Å². The largest absolute Gasteiger partial charge is 0.472 e. The van der Waals surface area contributed by atoms with Crippen molar-refractivity contribution in [1.29, 1.82) is 0 Å². The van der Waals surface area contributed by atoms with Crippen molar-refractivity contribution in [3.05, 3.63) is 24.3 Å². The fourth-order valence-electron chi connectivity index (χ4n) is 4.67. The average Bonchev–Trinajstić information content (AvgIpc) is 3.05. The molecule has 0 spiro atoms. The highest BCUT2D eigenvalue weighted by molar-refractivity contribution is 7.47. The van der Waals surface area contributed by atoms with Gasteiger partial charge >= 0.3 is 19.8 Å². The number of allylic oxidation sites excluding steroid dienone is 4. The molecule has 0 aromatic rings. The second kappa shape index (κ2) is 33.0. The third-order valence-corrected chi connectivity index (χ3v) is 8.53. The zero-order valence-electron chi connectivity index (χ0n) is 29.5. The van der Waals surface area contributed by atoms with E-state index >= 15 is 0 Å². The number of hydrogen-bond acceptors (Lipinski definition) is 9. The van der Waals surface area contributed by atoms with Crippen molar-refractivity contribution in [3.63, 3.8) is 0 Å². The highest BCUT2D eigenvalue weighted by atomic mass is 31.2. The first-order valence-electron chi connectivity index (χ1n) is 18.3. The van der Waals surface area contributed by atoms with Crippen LogP contribution in [0.3, 0.4) is 0 Å². The fraction of sp³-hybridized carbons (Fsp3) is 0.833. The molecular weight excluding hydrogens is 623 g/mol. The molecule has 11 heteroatoms. The van der Waals surface area contributed by atoms with Gasteiger partial charge < -0.3 is 24.6 Å². The quantitative estimate of drug-likeness (QED) is 0.0259. The molecule has 0 aliphatic heterocycles. The zero-order valence-corrected chi connectivity index (χ0v) is 30.4. The summed E-state index contributed by atoms with van der Waals surface area (Å²) in [5.41, 5.74) is 0. The summed E-state index contributed by atoms with van der Waals surface area (Å²) in [6.07, 6.45) is 28.7. The number of unbranched alkanes of at least 4 members (excludes halogenated alkanes) is 16. The van der Waals surface area contributed by atoms with Crippen molar-refractivity contribution in [2.24, 2.45) is 0 Å². The van der Waals surface area contributed by atoms with Gasteiger partial charge in [0.15, 0.2) is 6.10 Å². The van der Waals surface area contributed by atoms with Crippen LogP contribution in [0.15, 0.2) is 24.3 Å². The van der Waals surface area contributed by atoms with Gasteiger partial charge in [0.05, 0.1) is 19.8 Å². The molecule has 0 aromatic carbocycles. The van der Waals surface area contributed by atoms with E-state index in [0.717, 1.165) is 77.0 Å². The van der Waals surface area contributed by atoms with Crippen LogP contribution in [0.4, 0.5) is 0 Å². The predicted octanol–water partition coefficient (Wildman–Crippen LogP) is 8.66. The molecule has 0 rings (SSSR count). The van der Waals surface area contributed by atoms with Gasteiger partial charge in [-0.3, -0.25) is 18.6 Å². The lowest BCUT2D eigenvalue weighted by atomic mass is 10.1. The summed E-state index contributed by atoms with van der Waals surface area (Å²) in [7, 11) is -4.61. The van der Waals surface area contributed by atoms with Crippen molar-refractivity contribution in [2.75, 3.05) is 26.4 Å². The fourth-order valence-corrected chi connectivity index (χ4v) is 5.46. The average molecular weight is 691 g/mol. The van der Waals surface area contributed by atoms with Crippen molar-refractivity contribution < 1.29 is 47.8 Å². The highest BCUT2D eigenvalue weighted by Gasteiger charge is 2.27. The first-order chi connectivity index (χ1) is 22.7. The summed E-state index contributed by atoms with van der Waals surface area (Å²) in [5.74, 6) is -0.948. The highest BCUT2D eigenvalue weighted by Crippen LogP contribution is 2.43. The Morgan fingerprint density at radius 2 is 1.06 bits per heavy atom. The molecule has 0 heterocycles. The Bertz CT molecular complexity index is 848. The smallest absolute Gasteiger partial charge is 0.462 e. The Balaban J connectivity index is 4.41. The van der Waals surface area contributed by atoms with E-state index in [-0.39, 0.29) is 19.4 Å². The Kier molecular flexibility index (Phi) is 31.9. The molecule has 276 valence electrons. The Morgan fingerprint density at radius 3 is 1.60 bits per heavy atom. The number of carbonyl (C=O) groups is 2. The Labute approximate surface area is 285 Å². The minimum Gasteiger partial charge on any atom is -0.462 e. The van der Waals surface area contributed by atoms with E-state index in [1.165, 1.54) is 38.5 Å². The third kappa shape index (κ3) is 32.8. The standard InChI is InChI=1S/C36H67O10P/c1-3-5-7-9-11-13-15-16-18-19-21-23-25-27-35(39)43-31-34(32-45-47(41,42)44-30-33(38)29-37)46-36(40)28-26-24-22-20-17-14-12-10-8-6-4-2/h10,12-13,15,33-34,37-38H,3-9,11,14,16-32H2,1-2H3,(H,41,42)/b12-10-,15-13-/t33-,34+/m0/s1. The molecule has 0 bridgehead atoms. The molecule has 0 fully saturated rings. The van der Waals surface area contributed by atoms with Gasteiger partial charge in [-0.05, 0) is 57.8 Å². The van der Waals surface area contributed by atoms with Gasteiger partial charge in [0, 0.05) is 12.8 Å². The van der Waals surface area contributed by atoms with Crippen molar-refractivity contribution in [2.45, 2.75) is 167 Å². The van der Waals surface area contributed by atoms with E-state index < -0.39 is 51.8 Å². The van der Waals surface area contributed by atoms with Crippen LogP contribution in [0.1, 0.15) is 155 Å². The molecule has 0 saturated heterocycles. The number of carbonyl (C=O) groups excluding carboxylic acids is 2. The SMILES string of the molecule is CCCC/C=C\CCCCCCCC(=O)O[C@H](COC(=O)CCCCCCC/C=C\CCCCCC)COP(=O)(O)OC[C@@H](O)CO. The Morgan fingerprint density at radius 1 is 0.617 bits per heavy atom. The number of phosphoric acid groups is 1. The van der Waals surface area contributed by atoms with Gasteiger partial charge in [0.1, 0.15) is 12.7 Å². The lowest BCUT2D eigenvalue weighted by Gasteiger charge is -2.20. The summed E-state index contributed by atoms with van der Waals surface area (Å²) < 4.78 is 32.5. The number of phosphoric ester groups is 1. The van der Waals surface area contributed by atoms with E-state index in [9.17, 15) is 24.2 Å². The molecule has 0 amide bonds. The van der Waals surface area contributed by atoms with E-state index in [1.54, 1.807) is 0 Å². The maximum absolute atomic E-state index is 12.5. The van der Waals surface area contributed by atoms with Crippen LogP contribution in [-0.4, -0.2) is 65.7 Å². The van der Waals surface area contributed by atoms with E-state index in [1.807, 2.05) is 0 Å². The van der Waals surface area contributed by atoms with Crippen LogP contribution >= 0.6 is 7.82 Å². The van der Waals surface area contributed by atoms with E-state index in [2.05, 4.69) is 42.7 Å². The molecule has 0 aliphatic carbocycles. The number of esters is 2. The van der Waals surface area contributed by atoms with Crippen molar-refractivity contribution in [3.8, 4) is 0 Å². The summed E-state index contributed by atoms with van der Waals surface area (Å²) in [5, 5.41) is 18.2. The van der Waals surface area contributed by atoms with Crippen molar-refractivity contribution >= 4 is 19.8 Å². The van der Waals surface area contributed by atoms with E-state index in [0.29, 0.717) is 12.8 Å². The number of aliphatic hydroxyl groups is 2. The molecular formula is C36H67O10P. The summed E-state index contributed by atoms with van der Waals surface area (Å²) in [4.78, 5) is 34.7. The minimum atomic E-state index is -4.61. The molecule has 1 unspecified atom stereocenters. The lowest BCUT2D eigenvalue weighted by Crippen LogP contribution is -2.29. The van der Waals surface area contributed by atoms with Gasteiger partial charge in [-0.1, -0.05) is 109 Å². The molecule has 0 aliphatic rings. The molecule has 10 nitrogen and oxygen atoms in total. The third-order valence-electron chi connectivity index (χ3n) is 7.58. The minimum absolute atomic E-state index is 0.173. The molecule has 0 saturated carbocycles. The van der Waals surface area contributed by atoms with Gasteiger partial charge in [-0.2, -0.15) is 0 Å². The maximum Gasteiger partial charge on any atom is 0.472 e. The van der Waals surface area contributed by atoms with Crippen LogP contribution in [0.25, 0.3) is 0 Å². The predicted molar refractivity (Wildman–Crippen MR) is 187 cm³/mol. The second-order valence-corrected chi connectivity index (χ2v) is 13.7. The van der Waals surface area contributed by atoms with Gasteiger partial charge in [-0.15, -0.1) is 0 Å². The van der Waals surface area contributed by atoms with Crippen LogP contribution in [0, 0.1) is 0 Å². The molecule has 0 radical (unpaired) electrons. The first-order valence-corrected chi connectivity index (χ1v) is 19.8. The maximum atomic E-state index is 12.5. The topological polar surface area (TPSA) is 149 Å². The lowest BCUT2D eigenvalue weighted by molar-refractivity contribution is -0.161. The Hall–Kier alpha value is -1.55. The summed E-state index contributed by atoms with van der Waals surface area (Å²) in [6, 6.07) is 0. The van der Waals surface area contributed by atoms with E-state index in [4.69, 9.17) is 19.1 Å². The number of ether oxygens (including phenoxy) is 2. The first kappa shape index (κ1) is 45.5. The van der Waals surface area contributed by atoms with Crippen molar-refractivity contribution in [1.82, 2.24) is 0 Å². The summed E-state index contributed by atoms with van der Waals surface area (Å²) >= 11 is 0. The monoisotopic (exact) mass is 690 g/mol. The zero-order chi connectivity index (χ0) is 34.9. The van der Waals surface area contributed by atoms with Crippen LogP contribution in [0.2, 0.25) is 0 Å². The molecule has 47 heavy (non-hydrogen) atoms. The second-order valence-electron chi connectivity index (χ2n) is 12.2. The van der Waals surface area contributed by atoms with Gasteiger partial charge in [0.25, 0.3) is 0 Å².